The van der Waals surface area contributed by atoms with E-state index in [-0.39, 0.29) is 17.7 Å². The van der Waals surface area contributed by atoms with Crippen LogP contribution in [0, 0.1) is 19.8 Å². The van der Waals surface area contributed by atoms with E-state index in [0.717, 1.165) is 37.3 Å². The van der Waals surface area contributed by atoms with E-state index in [1.165, 1.54) is 5.56 Å². The lowest BCUT2D eigenvalue weighted by Crippen LogP contribution is -2.35. The lowest BCUT2D eigenvalue weighted by molar-refractivity contribution is -0.126. The lowest BCUT2D eigenvalue weighted by atomic mass is 10.1. The molecule has 25 heavy (non-hydrogen) atoms. The van der Waals surface area contributed by atoms with E-state index in [1.807, 2.05) is 25.1 Å². The molecule has 1 aliphatic heterocycles. The number of nitrogens with zero attached hydrogens (tertiary/aromatic N) is 2. The summed E-state index contributed by atoms with van der Waals surface area (Å²) in [6.07, 6.45) is 1.24. The minimum Gasteiger partial charge on any atom is -0.356 e. The molecule has 1 aromatic carbocycles. The number of rotatable bonds is 8. The van der Waals surface area contributed by atoms with Gasteiger partial charge in [-0.1, -0.05) is 19.9 Å². The smallest absolute Gasteiger partial charge is 0.227 e. The minimum absolute atomic E-state index is 0.000712. The molecule has 1 saturated heterocycles. The van der Waals surface area contributed by atoms with E-state index in [1.54, 1.807) is 4.90 Å². The first-order valence-corrected chi connectivity index (χ1v) is 9.33. The van der Waals surface area contributed by atoms with Crippen molar-refractivity contribution in [2.45, 2.75) is 40.5 Å². The maximum atomic E-state index is 12.4. The monoisotopic (exact) mass is 345 g/mol. The topological polar surface area (TPSA) is 52.7 Å². The van der Waals surface area contributed by atoms with Crippen LogP contribution < -0.4 is 10.2 Å². The summed E-state index contributed by atoms with van der Waals surface area (Å²) in [4.78, 5) is 28.8. The van der Waals surface area contributed by atoms with Gasteiger partial charge in [-0.3, -0.25) is 9.59 Å². The van der Waals surface area contributed by atoms with Gasteiger partial charge in [-0.2, -0.15) is 0 Å². The van der Waals surface area contributed by atoms with Crippen molar-refractivity contribution in [2.75, 3.05) is 37.6 Å². The van der Waals surface area contributed by atoms with Gasteiger partial charge in [0.05, 0.1) is 5.92 Å². The summed E-state index contributed by atoms with van der Waals surface area (Å²) in [6, 6.07) is 6.01. The number of amides is 2. The Morgan fingerprint density at radius 2 is 1.96 bits per heavy atom. The maximum absolute atomic E-state index is 12.4. The molecule has 2 amide bonds. The third-order valence-electron chi connectivity index (χ3n) is 5.14. The molecule has 0 aromatic heterocycles. The zero-order valence-electron chi connectivity index (χ0n) is 16.0. The highest BCUT2D eigenvalue weighted by Crippen LogP contribution is 2.26. The molecule has 0 bridgehead atoms. The summed E-state index contributed by atoms with van der Waals surface area (Å²) in [5, 5.41) is 3.00. The van der Waals surface area contributed by atoms with Crippen molar-refractivity contribution in [3.8, 4) is 0 Å². The molecule has 1 N–H and O–H groups in total. The Balaban J connectivity index is 1.84. The lowest BCUT2D eigenvalue weighted by Gasteiger charge is -2.19. The quantitative estimate of drug-likeness (QED) is 0.737. The highest BCUT2D eigenvalue weighted by molar-refractivity contribution is 6.00. The maximum Gasteiger partial charge on any atom is 0.227 e. The molecule has 1 fully saturated rings. The number of nitrogens with one attached hydrogen (secondary N) is 1. The van der Waals surface area contributed by atoms with Gasteiger partial charge in [0, 0.05) is 25.2 Å². The van der Waals surface area contributed by atoms with Gasteiger partial charge in [-0.05, 0) is 63.2 Å². The zero-order valence-corrected chi connectivity index (χ0v) is 16.0. The van der Waals surface area contributed by atoms with Crippen molar-refractivity contribution in [3.63, 3.8) is 0 Å². The summed E-state index contributed by atoms with van der Waals surface area (Å²) >= 11 is 0. The van der Waals surface area contributed by atoms with Gasteiger partial charge in [0.2, 0.25) is 11.8 Å². The van der Waals surface area contributed by atoms with E-state index in [0.29, 0.717) is 19.5 Å². The molecule has 0 aliphatic carbocycles. The molecule has 5 nitrogen and oxygen atoms in total. The number of hydrogen-bond donors (Lipinski definition) is 1. The molecule has 1 heterocycles. The average Bonchev–Trinajstić information content (AvgIpc) is 2.99. The Kier molecular flexibility index (Phi) is 7.00. The van der Waals surface area contributed by atoms with Crippen LogP contribution in [0.3, 0.4) is 0 Å². The third-order valence-corrected chi connectivity index (χ3v) is 5.14. The molecular formula is C20H31N3O2. The van der Waals surface area contributed by atoms with E-state index in [2.05, 4.69) is 31.0 Å². The summed E-state index contributed by atoms with van der Waals surface area (Å²) in [6.45, 7) is 12.6. The Morgan fingerprint density at radius 1 is 1.24 bits per heavy atom. The first kappa shape index (κ1) is 19.4. The van der Waals surface area contributed by atoms with E-state index >= 15 is 0 Å². The average molecular weight is 345 g/mol. The number of benzene rings is 1. The standard InChI is InChI=1S/C20H31N3O2/c1-5-22(6-2)11-7-10-21-20(25)17-13-19(24)23(14-17)18-9-8-15(3)16(4)12-18/h8-9,12,17H,5-7,10-11,13-14H2,1-4H3,(H,21,25)/t17-/m1/s1. The first-order valence-electron chi connectivity index (χ1n) is 9.33. The van der Waals surface area contributed by atoms with Crippen LogP contribution in [0.2, 0.25) is 0 Å². The number of anilines is 1. The van der Waals surface area contributed by atoms with Crippen LogP contribution in [0.4, 0.5) is 5.69 Å². The van der Waals surface area contributed by atoms with E-state index < -0.39 is 0 Å². The van der Waals surface area contributed by atoms with Crippen molar-refractivity contribution in [1.82, 2.24) is 10.2 Å². The number of hydrogen-bond acceptors (Lipinski definition) is 3. The molecular weight excluding hydrogens is 314 g/mol. The molecule has 0 unspecified atom stereocenters. The van der Waals surface area contributed by atoms with Crippen LogP contribution in [-0.2, 0) is 9.59 Å². The molecule has 5 heteroatoms. The van der Waals surface area contributed by atoms with Crippen molar-refractivity contribution >= 4 is 17.5 Å². The highest BCUT2D eigenvalue weighted by Gasteiger charge is 2.35. The van der Waals surface area contributed by atoms with Crippen molar-refractivity contribution in [3.05, 3.63) is 29.3 Å². The normalized spacial score (nSPS) is 17.4. The highest BCUT2D eigenvalue weighted by atomic mass is 16.2. The second-order valence-corrected chi connectivity index (χ2v) is 6.85. The fraction of sp³-hybridized carbons (Fsp3) is 0.600. The summed E-state index contributed by atoms with van der Waals surface area (Å²) < 4.78 is 0. The molecule has 1 aromatic rings. The molecule has 1 aliphatic rings. The van der Waals surface area contributed by atoms with Gasteiger partial charge in [-0.15, -0.1) is 0 Å². The number of carbonyl (C=O) groups excluding carboxylic acids is 2. The van der Waals surface area contributed by atoms with Crippen molar-refractivity contribution in [1.29, 1.82) is 0 Å². The van der Waals surface area contributed by atoms with Crippen molar-refractivity contribution in [2.24, 2.45) is 5.92 Å². The van der Waals surface area contributed by atoms with Crippen LogP contribution >= 0.6 is 0 Å². The van der Waals surface area contributed by atoms with Gasteiger partial charge in [0.15, 0.2) is 0 Å². The van der Waals surface area contributed by atoms with Gasteiger partial charge < -0.3 is 15.1 Å². The van der Waals surface area contributed by atoms with Crippen LogP contribution in [0.5, 0.6) is 0 Å². The molecule has 0 spiro atoms. The predicted octanol–water partition coefficient (Wildman–Crippen LogP) is 2.50. The van der Waals surface area contributed by atoms with E-state index in [4.69, 9.17) is 0 Å². The van der Waals surface area contributed by atoms with Crippen LogP contribution in [0.25, 0.3) is 0 Å². The molecule has 1 atom stereocenters. The zero-order chi connectivity index (χ0) is 18.4. The third kappa shape index (κ3) is 5.05. The Morgan fingerprint density at radius 3 is 2.60 bits per heavy atom. The Labute approximate surface area is 151 Å². The SMILES string of the molecule is CCN(CC)CCCNC(=O)[C@@H]1CC(=O)N(c2ccc(C)c(C)c2)C1. The van der Waals surface area contributed by atoms with E-state index in [9.17, 15) is 9.59 Å². The fourth-order valence-corrected chi connectivity index (χ4v) is 3.22. The molecule has 2 rings (SSSR count). The van der Waals surface area contributed by atoms with Gasteiger partial charge in [0.25, 0.3) is 0 Å². The number of carbonyl (C=O) groups is 2. The number of aryl methyl sites for hydroxylation is 2. The van der Waals surface area contributed by atoms with Gasteiger partial charge >= 0.3 is 0 Å². The minimum atomic E-state index is -0.248. The first-order chi connectivity index (χ1) is 12.0. The second-order valence-electron chi connectivity index (χ2n) is 6.85. The van der Waals surface area contributed by atoms with Gasteiger partial charge in [-0.25, -0.2) is 0 Å². The Hall–Kier alpha value is -1.88. The summed E-state index contributed by atoms with van der Waals surface area (Å²) in [7, 11) is 0. The largest absolute Gasteiger partial charge is 0.356 e. The Bertz CT molecular complexity index is 611. The van der Waals surface area contributed by atoms with Crippen LogP contribution in [0.15, 0.2) is 18.2 Å². The fourth-order valence-electron chi connectivity index (χ4n) is 3.22. The predicted molar refractivity (Wildman–Crippen MR) is 102 cm³/mol. The van der Waals surface area contributed by atoms with Crippen LogP contribution in [0.1, 0.15) is 37.8 Å². The summed E-state index contributed by atoms with van der Waals surface area (Å²) in [5.74, 6) is -0.215. The van der Waals surface area contributed by atoms with Crippen LogP contribution in [-0.4, -0.2) is 49.4 Å². The van der Waals surface area contributed by atoms with Gasteiger partial charge in [0.1, 0.15) is 0 Å². The van der Waals surface area contributed by atoms with Crippen molar-refractivity contribution < 1.29 is 9.59 Å². The molecule has 138 valence electrons. The second kappa shape index (κ2) is 8.99. The summed E-state index contributed by atoms with van der Waals surface area (Å²) in [5.41, 5.74) is 3.26. The molecule has 0 saturated carbocycles. The molecule has 0 radical (unpaired) electrons.